The molecule has 1 fully saturated rings. The fourth-order valence-corrected chi connectivity index (χ4v) is 3.57. The van der Waals surface area contributed by atoms with Gasteiger partial charge in [0.2, 0.25) is 0 Å². The summed E-state index contributed by atoms with van der Waals surface area (Å²) in [5.74, 6) is 0.900. The van der Waals surface area contributed by atoms with Crippen molar-refractivity contribution >= 4 is 16.5 Å². The van der Waals surface area contributed by atoms with Crippen molar-refractivity contribution in [3.63, 3.8) is 0 Å². The van der Waals surface area contributed by atoms with E-state index >= 15 is 0 Å². The van der Waals surface area contributed by atoms with Gasteiger partial charge < -0.3 is 19.8 Å². The molecule has 1 aliphatic rings. The van der Waals surface area contributed by atoms with E-state index in [0.29, 0.717) is 0 Å². The summed E-state index contributed by atoms with van der Waals surface area (Å²) >= 11 is 0. The Balaban J connectivity index is 0.00000210. The molecule has 0 radical (unpaired) electrons. The number of ether oxygens (including phenoxy) is 1. The number of anilines is 1. The van der Waals surface area contributed by atoms with Crippen LogP contribution in [0.25, 0.3) is 21.9 Å². The van der Waals surface area contributed by atoms with Crippen molar-refractivity contribution in [3.05, 3.63) is 54.6 Å². The third-order valence-electron chi connectivity index (χ3n) is 5.00. The Morgan fingerprint density at radius 2 is 1.89 bits per heavy atom. The quantitative estimate of drug-likeness (QED) is 0.516. The monoisotopic (exact) mass is 386 g/mol. The minimum absolute atomic E-state index is 0. The van der Waals surface area contributed by atoms with Crippen molar-refractivity contribution in [2.75, 3.05) is 25.1 Å². The smallest absolute Gasteiger partial charge is 0.551 e. The average molecular weight is 387 g/mol. The first-order valence-corrected chi connectivity index (χ1v) is 8.83. The number of hydrogen-bond donors (Lipinski definition) is 2. The van der Waals surface area contributed by atoms with Crippen LogP contribution in [0, 0.1) is 12.1 Å². The summed E-state index contributed by atoms with van der Waals surface area (Å²) in [6.45, 7) is 1.55. The predicted molar refractivity (Wildman–Crippen MR) is 103 cm³/mol. The van der Waals surface area contributed by atoms with Crippen molar-refractivity contribution < 1.29 is 66.3 Å². The molecule has 1 saturated heterocycles. The molecule has 27 heavy (non-hydrogen) atoms. The van der Waals surface area contributed by atoms with Crippen molar-refractivity contribution in [2.45, 2.75) is 18.9 Å². The van der Waals surface area contributed by atoms with Crippen LogP contribution in [0.4, 0.5) is 5.69 Å². The minimum Gasteiger partial charge on any atom is -0.551 e. The van der Waals surface area contributed by atoms with E-state index in [-0.39, 0.29) is 63.2 Å². The van der Waals surface area contributed by atoms with Gasteiger partial charge in [-0.15, -0.1) is 17.5 Å². The molecule has 1 aliphatic heterocycles. The Labute approximate surface area is 202 Å². The van der Waals surface area contributed by atoms with Crippen molar-refractivity contribution in [1.82, 2.24) is 0 Å². The van der Waals surface area contributed by atoms with Gasteiger partial charge in [0.05, 0.1) is 18.9 Å². The summed E-state index contributed by atoms with van der Waals surface area (Å²) in [5.41, 5.74) is 2.81. The third kappa shape index (κ3) is 4.19. The van der Waals surface area contributed by atoms with E-state index in [1.807, 2.05) is 30.3 Å². The molecule has 4 rings (SSSR count). The second-order valence-electron chi connectivity index (χ2n) is 6.61. The summed E-state index contributed by atoms with van der Waals surface area (Å²) in [4.78, 5) is 2.23. The van der Waals surface area contributed by atoms with E-state index in [1.54, 1.807) is 13.2 Å². The Hall–Kier alpha value is -1.08. The van der Waals surface area contributed by atoms with Gasteiger partial charge in [-0.05, 0) is 18.9 Å². The van der Waals surface area contributed by atoms with Gasteiger partial charge in [-0.2, -0.15) is 30.3 Å². The first-order chi connectivity index (χ1) is 12.7. The summed E-state index contributed by atoms with van der Waals surface area (Å²) < 4.78 is 5.60. The fourth-order valence-electron chi connectivity index (χ4n) is 3.57. The van der Waals surface area contributed by atoms with Crippen LogP contribution in [-0.4, -0.2) is 36.5 Å². The number of aromatic hydroxyl groups is 1. The van der Waals surface area contributed by atoms with Crippen LogP contribution in [-0.2, 0) is 0 Å². The maximum Gasteiger partial charge on any atom is 1.00 e. The van der Waals surface area contributed by atoms with Gasteiger partial charge >= 0.3 is 51.4 Å². The first kappa shape index (κ1) is 20.6. The molecule has 3 aromatic rings. The van der Waals surface area contributed by atoms with Gasteiger partial charge in [0.1, 0.15) is 5.75 Å². The summed E-state index contributed by atoms with van der Waals surface area (Å²) in [5, 5.41) is 21.8. The maximum absolute atomic E-state index is 10.4. The fraction of sp³-hybridized carbons (Fsp3) is 0.273. The zero-order chi connectivity index (χ0) is 18.1. The van der Waals surface area contributed by atoms with E-state index in [0.717, 1.165) is 59.3 Å². The molecule has 0 saturated carbocycles. The number of phenols is 1. The van der Waals surface area contributed by atoms with Crippen LogP contribution in [0.1, 0.15) is 12.8 Å². The number of methoxy groups -OCH3 is 1. The van der Waals surface area contributed by atoms with Crippen molar-refractivity contribution in [2.24, 2.45) is 0 Å². The van der Waals surface area contributed by atoms with Gasteiger partial charge in [0, 0.05) is 18.8 Å². The number of piperidine rings is 1. The molecule has 0 bridgehead atoms. The molecule has 3 aromatic carbocycles. The topological polar surface area (TPSA) is 52.9 Å². The molecule has 4 nitrogen and oxygen atoms in total. The molecule has 0 unspecified atom stereocenters. The Bertz CT molecular complexity index is 922. The number of fused-ring (bicyclic) bond motifs is 1. The Kier molecular flexibility index (Phi) is 6.84. The Morgan fingerprint density at radius 1 is 1.11 bits per heavy atom. The van der Waals surface area contributed by atoms with E-state index in [4.69, 9.17) is 4.74 Å². The summed E-state index contributed by atoms with van der Waals surface area (Å²) in [6, 6.07) is 19.7. The number of aliphatic hydroxyl groups excluding tert-OH is 1. The normalized spacial score (nSPS) is 14.8. The molecule has 0 atom stereocenters. The number of hydrogen-bond acceptors (Lipinski definition) is 4. The van der Waals surface area contributed by atoms with Gasteiger partial charge in [0.25, 0.3) is 0 Å². The summed E-state index contributed by atoms with van der Waals surface area (Å²) in [7, 11) is 1.64. The Morgan fingerprint density at radius 3 is 2.56 bits per heavy atom. The number of aliphatic hydroxyl groups is 1. The molecule has 1 heterocycles. The zero-order valence-electron chi connectivity index (χ0n) is 15.7. The van der Waals surface area contributed by atoms with Crippen LogP contribution in [0.3, 0.4) is 0 Å². The average Bonchev–Trinajstić information content (AvgIpc) is 2.69. The molecule has 0 spiro atoms. The number of nitrogens with zero attached hydrogens (tertiary/aromatic N) is 1. The molecular weight excluding hydrogens is 365 g/mol. The van der Waals surface area contributed by atoms with Crippen LogP contribution in [0.5, 0.6) is 11.5 Å². The number of phenolic OH excluding ortho intramolecular Hbond substituents is 1. The molecule has 134 valence electrons. The number of benzene rings is 3. The molecule has 2 N–H and O–H groups in total. The minimum atomic E-state index is -0.232. The van der Waals surface area contributed by atoms with Crippen LogP contribution < -0.4 is 61.0 Å². The molecule has 0 aromatic heterocycles. The van der Waals surface area contributed by atoms with Gasteiger partial charge in [-0.25, -0.2) is 11.1 Å². The van der Waals surface area contributed by atoms with Crippen LogP contribution >= 0.6 is 0 Å². The van der Waals surface area contributed by atoms with Crippen molar-refractivity contribution in [1.29, 1.82) is 0 Å². The molecule has 0 amide bonds. The standard InChI is InChI=1S/C22H21NO3.K/c1-26-22-14-19-18(13-20(22)23-11-9-16(24)10-12-23)17(7-8-21(19)25)15-5-3-2-4-6-15;/h2-5,8,13-14,16,24-25H,9-12H2,1H3;/q-2;+1. The zero-order valence-corrected chi connectivity index (χ0v) is 18.8. The third-order valence-corrected chi connectivity index (χ3v) is 5.00. The van der Waals surface area contributed by atoms with E-state index in [2.05, 4.69) is 23.1 Å². The first-order valence-electron chi connectivity index (χ1n) is 8.83. The molecule has 0 aliphatic carbocycles. The van der Waals surface area contributed by atoms with Gasteiger partial charge in [-0.3, -0.25) is 0 Å². The van der Waals surface area contributed by atoms with Crippen LogP contribution in [0.2, 0.25) is 0 Å². The summed E-state index contributed by atoms with van der Waals surface area (Å²) in [6.07, 6.45) is 1.25. The maximum atomic E-state index is 10.4. The van der Waals surface area contributed by atoms with E-state index < -0.39 is 0 Å². The van der Waals surface area contributed by atoms with E-state index in [9.17, 15) is 10.2 Å². The van der Waals surface area contributed by atoms with Crippen molar-refractivity contribution in [3.8, 4) is 22.6 Å². The second-order valence-corrected chi connectivity index (χ2v) is 6.61. The SMILES string of the molecule is COc1cc2c(O)c[c-]c(-c3[c-]cccc3)c2cc1N1CCC(O)CC1.[K+]. The molecular formula is C22H21KNO3-. The van der Waals surface area contributed by atoms with Crippen LogP contribution in [0.15, 0.2) is 42.5 Å². The largest absolute Gasteiger partial charge is 1.00 e. The van der Waals surface area contributed by atoms with Gasteiger partial charge in [-0.1, -0.05) is 11.5 Å². The molecule has 5 heteroatoms. The predicted octanol–water partition coefficient (Wildman–Crippen LogP) is 0.786. The van der Waals surface area contributed by atoms with E-state index in [1.165, 1.54) is 0 Å². The van der Waals surface area contributed by atoms with Gasteiger partial charge in [0.15, 0.2) is 0 Å². The number of rotatable bonds is 3. The second kappa shape index (κ2) is 8.94.